The second kappa shape index (κ2) is 7.95. The van der Waals surface area contributed by atoms with E-state index < -0.39 is 0 Å². The summed E-state index contributed by atoms with van der Waals surface area (Å²) in [6, 6.07) is 4.42. The van der Waals surface area contributed by atoms with Gasteiger partial charge in [0.15, 0.2) is 0 Å². The van der Waals surface area contributed by atoms with Crippen LogP contribution in [0.4, 0.5) is 4.39 Å². The third-order valence-corrected chi connectivity index (χ3v) is 4.72. The fourth-order valence-electron chi connectivity index (χ4n) is 3.19. The molecule has 5 nitrogen and oxygen atoms in total. The van der Waals surface area contributed by atoms with Gasteiger partial charge in [0.25, 0.3) is 5.91 Å². The van der Waals surface area contributed by atoms with E-state index in [1.165, 1.54) is 31.9 Å². The molecule has 0 unspecified atom stereocenters. The van der Waals surface area contributed by atoms with Crippen LogP contribution in [0.5, 0.6) is 0 Å². The number of amides is 2. The summed E-state index contributed by atoms with van der Waals surface area (Å²) in [6.45, 7) is 3.47. The van der Waals surface area contributed by atoms with E-state index in [0.717, 1.165) is 12.8 Å². The Hall–Kier alpha value is -1.95. The maximum absolute atomic E-state index is 14.0. The Morgan fingerprint density at radius 1 is 1.32 bits per heavy atom. The van der Waals surface area contributed by atoms with Gasteiger partial charge in [0.2, 0.25) is 5.91 Å². The van der Waals surface area contributed by atoms with E-state index in [4.69, 9.17) is 4.74 Å². The molecule has 2 amide bonds. The lowest BCUT2D eigenvalue weighted by molar-refractivity contribution is -0.120. The van der Waals surface area contributed by atoms with Gasteiger partial charge in [-0.1, -0.05) is 0 Å². The monoisotopic (exact) mass is 348 g/mol. The Balaban J connectivity index is 1.63. The Morgan fingerprint density at radius 2 is 2.12 bits per heavy atom. The average molecular weight is 348 g/mol. The number of rotatable bonds is 6. The van der Waals surface area contributed by atoms with Crippen molar-refractivity contribution in [2.75, 3.05) is 19.7 Å². The van der Waals surface area contributed by atoms with Crippen molar-refractivity contribution in [1.29, 1.82) is 0 Å². The van der Waals surface area contributed by atoms with Crippen LogP contribution in [0, 0.1) is 11.7 Å². The summed E-state index contributed by atoms with van der Waals surface area (Å²) in [5, 5.41) is 2.87. The molecule has 0 aromatic heterocycles. The van der Waals surface area contributed by atoms with Gasteiger partial charge >= 0.3 is 0 Å². The molecule has 1 aliphatic carbocycles. The van der Waals surface area contributed by atoms with Crippen molar-refractivity contribution in [2.24, 2.45) is 5.92 Å². The molecule has 0 bridgehead atoms. The van der Waals surface area contributed by atoms with Gasteiger partial charge in [-0.25, -0.2) is 4.39 Å². The lowest BCUT2D eigenvalue weighted by Gasteiger charge is -2.33. The Kier molecular flexibility index (Phi) is 5.68. The highest BCUT2D eigenvalue weighted by molar-refractivity contribution is 5.94. The van der Waals surface area contributed by atoms with Gasteiger partial charge in [-0.2, -0.15) is 0 Å². The van der Waals surface area contributed by atoms with Gasteiger partial charge in [-0.15, -0.1) is 0 Å². The first-order chi connectivity index (χ1) is 12.0. The molecule has 0 radical (unpaired) electrons. The number of carbonyl (C=O) groups excluding carboxylic acids is 2. The molecule has 1 N–H and O–H groups in total. The smallest absolute Gasteiger partial charge is 0.253 e. The van der Waals surface area contributed by atoms with Crippen molar-refractivity contribution in [2.45, 2.75) is 45.3 Å². The number of ether oxygens (including phenoxy) is 1. The molecule has 2 fully saturated rings. The van der Waals surface area contributed by atoms with Gasteiger partial charge < -0.3 is 15.0 Å². The molecule has 136 valence electrons. The van der Waals surface area contributed by atoms with Crippen LogP contribution in [0.2, 0.25) is 0 Å². The van der Waals surface area contributed by atoms with Crippen molar-refractivity contribution in [3.63, 3.8) is 0 Å². The van der Waals surface area contributed by atoms with Crippen molar-refractivity contribution >= 4 is 11.8 Å². The number of halogens is 1. The SMILES string of the molecule is CC(=O)N[C@H]1CCCN(C(=O)c2ccc(F)c(COCC3CC3)c2)C1. The van der Waals surface area contributed by atoms with E-state index in [9.17, 15) is 14.0 Å². The fraction of sp³-hybridized carbons (Fsp3) is 0.579. The lowest BCUT2D eigenvalue weighted by Crippen LogP contribution is -2.49. The first-order valence-electron chi connectivity index (χ1n) is 8.95. The molecule has 1 heterocycles. The van der Waals surface area contributed by atoms with E-state index in [1.54, 1.807) is 11.0 Å². The van der Waals surface area contributed by atoms with Gasteiger partial charge in [-0.3, -0.25) is 9.59 Å². The van der Waals surface area contributed by atoms with E-state index in [-0.39, 0.29) is 30.3 Å². The third kappa shape index (κ3) is 5.01. The molecule has 1 saturated heterocycles. The average Bonchev–Trinajstić information content (AvgIpc) is 3.40. The van der Waals surface area contributed by atoms with Crippen LogP contribution in [-0.4, -0.2) is 42.5 Å². The Bertz CT molecular complexity index is 646. The highest BCUT2D eigenvalue weighted by Gasteiger charge is 2.25. The molecule has 1 saturated carbocycles. The highest BCUT2D eigenvalue weighted by Crippen LogP contribution is 2.29. The molecule has 1 atom stereocenters. The Morgan fingerprint density at radius 3 is 2.84 bits per heavy atom. The largest absolute Gasteiger partial charge is 0.376 e. The lowest BCUT2D eigenvalue weighted by atomic mass is 10.0. The van der Waals surface area contributed by atoms with Crippen LogP contribution in [0.15, 0.2) is 18.2 Å². The molecule has 25 heavy (non-hydrogen) atoms. The van der Waals surface area contributed by atoms with E-state index in [0.29, 0.717) is 36.7 Å². The van der Waals surface area contributed by atoms with Gasteiger partial charge in [0.1, 0.15) is 5.82 Å². The molecular weight excluding hydrogens is 323 g/mol. The fourth-order valence-corrected chi connectivity index (χ4v) is 3.19. The molecule has 6 heteroatoms. The number of piperidine rings is 1. The van der Waals surface area contributed by atoms with Crippen LogP contribution in [0.25, 0.3) is 0 Å². The molecule has 3 rings (SSSR count). The van der Waals surface area contributed by atoms with Crippen molar-refractivity contribution < 1.29 is 18.7 Å². The zero-order valence-electron chi connectivity index (χ0n) is 14.6. The molecule has 1 aliphatic heterocycles. The summed E-state index contributed by atoms with van der Waals surface area (Å²) >= 11 is 0. The van der Waals surface area contributed by atoms with Crippen molar-refractivity contribution in [3.8, 4) is 0 Å². The summed E-state index contributed by atoms with van der Waals surface area (Å²) in [7, 11) is 0. The van der Waals surface area contributed by atoms with Crippen LogP contribution in [0.1, 0.15) is 48.5 Å². The minimum absolute atomic E-state index is 0.0167. The maximum Gasteiger partial charge on any atom is 0.253 e. The first-order valence-corrected chi connectivity index (χ1v) is 8.95. The first kappa shape index (κ1) is 17.9. The summed E-state index contributed by atoms with van der Waals surface area (Å²) in [5.41, 5.74) is 0.886. The molecule has 2 aliphatic rings. The van der Waals surface area contributed by atoms with Crippen LogP contribution in [-0.2, 0) is 16.1 Å². The minimum Gasteiger partial charge on any atom is -0.376 e. The zero-order valence-corrected chi connectivity index (χ0v) is 14.6. The summed E-state index contributed by atoms with van der Waals surface area (Å²) < 4.78 is 19.5. The van der Waals surface area contributed by atoms with E-state index >= 15 is 0 Å². The minimum atomic E-state index is -0.345. The molecule has 0 spiro atoms. The number of nitrogens with zero attached hydrogens (tertiary/aromatic N) is 1. The standard InChI is InChI=1S/C19H25FN2O3/c1-13(23)21-17-3-2-8-22(10-17)19(24)15-6-7-18(20)16(9-15)12-25-11-14-4-5-14/h6-7,9,14,17H,2-5,8,10-12H2,1H3,(H,21,23)/t17-/m0/s1. The zero-order chi connectivity index (χ0) is 17.8. The third-order valence-electron chi connectivity index (χ3n) is 4.72. The van der Waals surface area contributed by atoms with Crippen LogP contribution >= 0.6 is 0 Å². The van der Waals surface area contributed by atoms with Crippen LogP contribution < -0.4 is 5.32 Å². The number of carbonyl (C=O) groups is 2. The van der Waals surface area contributed by atoms with Gasteiger partial charge in [0, 0.05) is 43.8 Å². The normalized spacial score (nSPS) is 20.4. The maximum atomic E-state index is 14.0. The number of nitrogens with one attached hydrogen (secondary N) is 1. The summed E-state index contributed by atoms with van der Waals surface area (Å²) in [6.07, 6.45) is 4.08. The molecular formula is C19H25FN2O3. The van der Waals surface area contributed by atoms with Gasteiger partial charge in [-0.05, 0) is 49.8 Å². The highest BCUT2D eigenvalue weighted by atomic mass is 19.1. The summed E-state index contributed by atoms with van der Waals surface area (Å²) in [4.78, 5) is 25.7. The van der Waals surface area contributed by atoms with E-state index in [2.05, 4.69) is 5.32 Å². The molecule has 1 aromatic rings. The predicted molar refractivity (Wildman–Crippen MR) is 91.5 cm³/mol. The second-order valence-corrected chi connectivity index (χ2v) is 7.06. The number of hydrogen-bond acceptors (Lipinski definition) is 3. The topological polar surface area (TPSA) is 58.6 Å². The number of likely N-dealkylation sites (tertiary alicyclic amines) is 1. The number of benzene rings is 1. The van der Waals surface area contributed by atoms with Crippen LogP contribution in [0.3, 0.4) is 0 Å². The molecule has 1 aromatic carbocycles. The second-order valence-electron chi connectivity index (χ2n) is 7.06. The number of hydrogen-bond donors (Lipinski definition) is 1. The van der Waals surface area contributed by atoms with Gasteiger partial charge in [0.05, 0.1) is 6.61 Å². The van der Waals surface area contributed by atoms with Crippen molar-refractivity contribution in [3.05, 3.63) is 35.1 Å². The van der Waals surface area contributed by atoms with Crippen molar-refractivity contribution in [1.82, 2.24) is 10.2 Å². The quantitative estimate of drug-likeness (QED) is 0.859. The Labute approximate surface area is 147 Å². The summed E-state index contributed by atoms with van der Waals surface area (Å²) in [5.74, 6) is 0.0590. The van der Waals surface area contributed by atoms with E-state index in [1.807, 2.05) is 0 Å². The predicted octanol–water partition coefficient (Wildman–Crippen LogP) is 2.49.